The van der Waals surface area contributed by atoms with Gasteiger partial charge in [0, 0.05) is 23.6 Å². The zero-order valence-electron chi connectivity index (χ0n) is 19.2. The maximum absolute atomic E-state index is 12.5. The van der Waals surface area contributed by atoms with Crippen LogP contribution in [0.25, 0.3) is 11.3 Å². The molecule has 0 unspecified atom stereocenters. The number of ether oxygens (including phenoxy) is 5. The Morgan fingerprint density at radius 1 is 1.00 bits per heavy atom. The Kier molecular flexibility index (Phi) is 9.00. The predicted molar refractivity (Wildman–Crippen MR) is 126 cm³/mol. The van der Waals surface area contributed by atoms with E-state index in [2.05, 4.69) is 14.8 Å². The number of thiazole rings is 1. The minimum Gasteiger partial charge on any atom is -0.493 e. The number of nitrogens with zero attached hydrogens (tertiary/aromatic N) is 3. The number of rotatable bonds is 11. The van der Waals surface area contributed by atoms with Crippen molar-refractivity contribution in [3.8, 4) is 34.3 Å². The monoisotopic (exact) mass is 493 g/mol. The van der Waals surface area contributed by atoms with Crippen LogP contribution in [-0.2, 0) is 4.74 Å². The Morgan fingerprint density at radius 2 is 1.68 bits per heavy atom. The van der Waals surface area contributed by atoms with Crippen molar-refractivity contribution in [2.45, 2.75) is 6.61 Å². The molecule has 0 saturated heterocycles. The maximum Gasteiger partial charge on any atom is 0.387 e. The van der Waals surface area contributed by atoms with Crippen LogP contribution in [0.2, 0.25) is 0 Å². The molecule has 11 heteroatoms. The van der Waals surface area contributed by atoms with Crippen LogP contribution in [0.5, 0.6) is 23.0 Å². The molecule has 8 nitrogen and oxygen atoms in total. The van der Waals surface area contributed by atoms with Crippen LogP contribution in [0.4, 0.5) is 8.78 Å². The average Bonchev–Trinajstić information content (AvgIpc) is 3.24. The van der Waals surface area contributed by atoms with Crippen molar-refractivity contribution in [1.82, 2.24) is 4.68 Å². The van der Waals surface area contributed by atoms with Gasteiger partial charge in [-0.2, -0.15) is 13.9 Å². The van der Waals surface area contributed by atoms with Gasteiger partial charge in [-0.05, 0) is 36.4 Å². The highest BCUT2D eigenvalue weighted by atomic mass is 32.1. The summed E-state index contributed by atoms with van der Waals surface area (Å²) in [5.74, 6) is 1.55. The predicted octanol–water partition coefficient (Wildman–Crippen LogP) is 4.27. The highest BCUT2D eigenvalue weighted by molar-refractivity contribution is 7.07. The van der Waals surface area contributed by atoms with Crippen LogP contribution in [-0.4, -0.2) is 59.1 Å². The average molecular weight is 494 g/mol. The van der Waals surface area contributed by atoms with Gasteiger partial charge in [0.2, 0.25) is 10.6 Å². The van der Waals surface area contributed by atoms with Gasteiger partial charge in [0.15, 0.2) is 11.5 Å². The van der Waals surface area contributed by atoms with Gasteiger partial charge in [0.05, 0.1) is 46.4 Å². The van der Waals surface area contributed by atoms with Crippen molar-refractivity contribution in [2.75, 3.05) is 41.6 Å². The highest BCUT2D eigenvalue weighted by Gasteiger charge is 2.13. The first-order valence-corrected chi connectivity index (χ1v) is 11.0. The fourth-order valence-electron chi connectivity index (χ4n) is 3.06. The van der Waals surface area contributed by atoms with Gasteiger partial charge >= 0.3 is 6.61 Å². The van der Waals surface area contributed by atoms with E-state index in [0.717, 1.165) is 11.3 Å². The highest BCUT2D eigenvalue weighted by Crippen LogP contribution is 2.37. The number of alkyl halides is 2. The molecule has 3 aromatic rings. The minimum absolute atomic E-state index is 0.0754. The van der Waals surface area contributed by atoms with Crippen molar-refractivity contribution in [3.05, 3.63) is 52.1 Å². The third-order valence-electron chi connectivity index (χ3n) is 4.61. The van der Waals surface area contributed by atoms with Crippen LogP contribution < -0.4 is 23.7 Å². The molecule has 182 valence electrons. The molecule has 1 aromatic heterocycles. The van der Waals surface area contributed by atoms with Crippen molar-refractivity contribution in [2.24, 2.45) is 10.1 Å². The van der Waals surface area contributed by atoms with E-state index in [1.165, 1.54) is 44.8 Å². The summed E-state index contributed by atoms with van der Waals surface area (Å²) in [4.78, 5) is 5.20. The topological polar surface area (TPSA) is 75.8 Å². The van der Waals surface area contributed by atoms with E-state index in [4.69, 9.17) is 18.9 Å². The van der Waals surface area contributed by atoms with Crippen LogP contribution in [0.15, 0.2) is 51.9 Å². The SMILES string of the molecule is COCCN=c1scc(-c2ccc(OC(F)F)cc2)n1/N=C\c1cc(OC)c(OC)c(OC)c1. The number of halogens is 2. The summed E-state index contributed by atoms with van der Waals surface area (Å²) in [7, 11) is 6.22. The number of benzene rings is 2. The molecule has 0 radical (unpaired) electrons. The number of methoxy groups -OCH3 is 4. The van der Waals surface area contributed by atoms with Crippen LogP contribution in [0, 0.1) is 0 Å². The third-order valence-corrected chi connectivity index (χ3v) is 5.47. The summed E-state index contributed by atoms with van der Waals surface area (Å²) < 4.78 is 52.4. The van der Waals surface area contributed by atoms with E-state index in [0.29, 0.717) is 40.8 Å². The van der Waals surface area contributed by atoms with E-state index in [1.807, 2.05) is 5.38 Å². The molecule has 0 amide bonds. The van der Waals surface area contributed by atoms with E-state index in [9.17, 15) is 8.78 Å². The summed E-state index contributed by atoms with van der Waals surface area (Å²) in [5, 5.41) is 6.52. The normalized spacial score (nSPS) is 11.9. The van der Waals surface area contributed by atoms with Crippen LogP contribution in [0.3, 0.4) is 0 Å². The Hall–Kier alpha value is -3.44. The van der Waals surface area contributed by atoms with Crippen molar-refractivity contribution in [3.63, 3.8) is 0 Å². The summed E-state index contributed by atoms with van der Waals surface area (Å²) in [6.45, 7) is -1.97. The van der Waals surface area contributed by atoms with Gasteiger partial charge in [-0.1, -0.05) is 0 Å². The molecule has 34 heavy (non-hydrogen) atoms. The number of hydrogen-bond donors (Lipinski definition) is 0. The zero-order chi connectivity index (χ0) is 24.5. The summed E-state index contributed by atoms with van der Waals surface area (Å²) in [6.07, 6.45) is 1.64. The van der Waals surface area contributed by atoms with E-state index >= 15 is 0 Å². The second-order valence-corrected chi connectivity index (χ2v) is 7.53. The molecule has 0 aliphatic carbocycles. The lowest BCUT2D eigenvalue weighted by atomic mass is 10.2. The van der Waals surface area contributed by atoms with E-state index < -0.39 is 6.61 Å². The van der Waals surface area contributed by atoms with Gasteiger partial charge in [0.1, 0.15) is 5.75 Å². The summed E-state index contributed by atoms with van der Waals surface area (Å²) >= 11 is 1.40. The van der Waals surface area contributed by atoms with Crippen molar-refractivity contribution in [1.29, 1.82) is 0 Å². The molecule has 0 fully saturated rings. The zero-order valence-corrected chi connectivity index (χ0v) is 20.0. The fraction of sp³-hybridized carbons (Fsp3) is 0.304. The molecule has 0 aliphatic rings. The Morgan fingerprint density at radius 3 is 2.24 bits per heavy atom. The van der Waals surface area contributed by atoms with Gasteiger partial charge in [-0.15, -0.1) is 11.3 Å². The molecule has 2 aromatic carbocycles. The van der Waals surface area contributed by atoms with Crippen LogP contribution in [0.1, 0.15) is 5.56 Å². The first kappa shape index (κ1) is 25.2. The standard InChI is InChI=1S/C23H25F2N3O5S/c1-29-10-9-26-23-28(18(14-34-23)16-5-7-17(8-6-16)33-22(24)25)27-13-15-11-19(30-2)21(32-4)20(12-15)31-3/h5-8,11-14,22H,9-10H2,1-4H3/b26-23?,27-13-. The van der Waals surface area contributed by atoms with Gasteiger partial charge in [0.25, 0.3) is 0 Å². The molecule has 0 N–H and O–H groups in total. The lowest BCUT2D eigenvalue weighted by Crippen LogP contribution is -2.13. The van der Waals surface area contributed by atoms with E-state index in [-0.39, 0.29) is 5.75 Å². The Bertz CT molecular complexity index is 1150. The second kappa shape index (κ2) is 12.1. The Labute approximate surface area is 199 Å². The fourth-order valence-corrected chi connectivity index (χ4v) is 3.92. The Balaban J connectivity index is 2.03. The minimum atomic E-state index is -2.88. The first-order chi connectivity index (χ1) is 16.5. The van der Waals surface area contributed by atoms with E-state index in [1.54, 1.807) is 42.3 Å². The summed E-state index contributed by atoms with van der Waals surface area (Å²) in [5.41, 5.74) is 2.20. The summed E-state index contributed by atoms with van der Waals surface area (Å²) in [6, 6.07) is 9.88. The van der Waals surface area contributed by atoms with Gasteiger partial charge in [-0.25, -0.2) is 4.68 Å². The molecule has 0 aliphatic heterocycles. The van der Waals surface area contributed by atoms with Gasteiger partial charge in [-0.3, -0.25) is 4.99 Å². The molecule has 3 rings (SSSR count). The second-order valence-electron chi connectivity index (χ2n) is 6.70. The molecule has 0 saturated carbocycles. The quantitative estimate of drug-likeness (QED) is 0.295. The lowest BCUT2D eigenvalue weighted by Gasteiger charge is -2.12. The van der Waals surface area contributed by atoms with Gasteiger partial charge < -0.3 is 23.7 Å². The third kappa shape index (κ3) is 6.12. The molecule has 0 atom stereocenters. The molecule has 0 bridgehead atoms. The number of aromatic nitrogens is 1. The number of hydrogen-bond acceptors (Lipinski definition) is 8. The molecule has 1 heterocycles. The van der Waals surface area contributed by atoms with Crippen molar-refractivity contribution >= 4 is 17.6 Å². The smallest absolute Gasteiger partial charge is 0.387 e. The molecular formula is C23H25F2N3O5S. The molecule has 0 spiro atoms. The maximum atomic E-state index is 12.5. The van der Waals surface area contributed by atoms with Crippen molar-refractivity contribution < 1.29 is 32.5 Å². The lowest BCUT2D eigenvalue weighted by molar-refractivity contribution is -0.0498. The first-order valence-electron chi connectivity index (χ1n) is 10.1. The largest absolute Gasteiger partial charge is 0.493 e. The van der Waals surface area contributed by atoms with Crippen LogP contribution >= 0.6 is 11.3 Å². The molecular weight excluding hydrogens is 468 g/mol.